The molecule has 9 heteroatoms. The minimum Gasteiger partial charge on any atom is -0.300 e. The van der Waals surface area contributed by atoms with Crippen molar-refractivity contribution >= 4 is 38.1 Å². The lowest BCUT2D eigenvalue weighted by atomic mass is 10.2. The zero-order valence-corrected chi connectivity index (χ0v) is 14.0. The van der Waals surface area contributed by atoms with Gasteiger partial charge in [0.1, 0.15) is 0 Å². The molecule has 22 heavy (non-hydrogen) atoms. The van der Waals surface area contributed by atoms with E-state index in [1.807, 2.05) is 13.0 Å². The van der Waals surface area contributed by atoms with Crippen LogP contribution in [0.4, 0.5) is 10.8 Å². The minimum absolute atomic E-state index is 0.156. The number of aryl methyl sites for hydroxylation is 1. The van der Waals surface area contributed by atoms with Crippen LogP contribution in [0.3, 0.4) is 0 Å². The van der Waals surface area contributed by atoms with E-state index in [9.17, 15) is 13.2 Å². The first kappa shape index (κ1) is 16.4. The Hall–Kier alpha value is -2.00. The van der Waals surface area contributed by atoms with Gasteiger partial charge in [-0.15, -0.1) is 10.2 Å². The van der Waals surface area contributed by atoms with Crippen molar-refractivity contribution in [2.75, 3.05) is 10.0 Å². The second kappa shape index (κ2) is 6.41. The number of anilines is 2. The molecule has 2 rings (SSSR count). The Bertz CT molecular complexity index is 784. The first-order chi connectivity index (χ1) is 10.3. The smallest absolute Gasteiger partial charge is 0.291 e. The van der Waals surface area contributed by atoms with Crippen LogP contribution in [0.5, 0.6) is 0 Å². The molecular formula is C13H16N4O3S2. The highest BCUT2D eigenvalue weighted by molar-refractivity contribution is 7.94. The summed E-state index contributed by atoms with van der Waals surface area (Å²) >= 11 is 0.804. The van der Waals surface area contributed by atoms with Gasteiger partial charge in [-0.1, -0.05) is 37.3 Å². The zero-order chi connectivity index (χ0) is 16.3. The molecule has 0 fully saturated rings. The number of hydrogen-bond donors (Lipinski definition) is 2. The zero-order valence-electron chi connectivity index (χ0n) is 12.3. The standard InChI is InChI=1S/C13H16N4O3S2/c1-8(2)11(18)14-12-15-16-13(21-12)22(19,20)17-10-6-4-5-9(3)7-10/h4-8,17H,1-3H3,(H,14,15,18). The van der Waals surface area contributed by atoms with Gasteiger partial charge < -0.3 is 5.32 Å². The van der Waals surface area contributed by atoms with Gasteiger partial charge in [0.25, 0.3) is 14.4 Å². The second-order valence-electron chi connectivity index (χ2n) is 4.99. The normalized spacial score (nSPS) is 11.5. The van der Waals surface area contributed by atoms with Gasteiger partial charge in [-0.2, -0.15) is 8.42 Å². The molecule has 0 radical (unpaired) electrons. The summed E-state index contributed by atoms with van der Waals surface area (Å²) in [5.41, 5.74) is 1.38. The molecule has 0 aliphatic heterocycles. The Labute approximate surface area is 132 Å². The molecule has 2 N–H and O–H groups in total. The fourth-order valence-corrected chi connectivity index (χ4v) is 3.48. The highest BCUT2D eigenvalue weighted by Gasteiger charge is 2.21. The van der Waals surface area contributed by atoms with E-state index in [0.717, 1.165) is 16.9 Å². The molecule has 0 unspecified atom stereocenters. The topological polar surface area (TPSA) is 101 Å². The second-order valence-corrected chi connectivity index (χ2v) is 7.83. The van der Waals surface area contributed by atoms with Gasteiger partial charge in [0.05, 0.1) is 0 Å². The van der Waals surface area contributed by atoms with Crippen molar-refractivity contribution in [2.24, 2.45) is 5.92 Å². The summed E-state index contributed by atoms with van der Waals surface area (Å²) < 4.78 is 26.7. The lowest BCUT2D eigenvalue weighted by Crippen LogP contribution is -2.17. The van der Waals surface area contributed by atoms with Crippen molar-refractivity contribution in [2.45, 2.75) is 25.1 Å². The molecule has 0 aliphatic rings. The predicted octanol–water partition coefficient (Wildman–Crippen LogP) is 2.24. The molecule has 0 saturated carbocycles. The van der Waals surface area contributed by atoms with Gasteiger partial charge in [0.15, 0.2) is 0 Å². The summed E-state index contributed by atoms with van der Waals surface area (Å²) in [6, 6.07) is 6.97. The maximum absolute atomic E-state index is 12.2. The van der Waals surface area contributed by atoms with Gasteiger partial charge >= 0.3 is 0 Å². The number of amides is 1. The number of sulfonamides is 1. The minimum atomic E-state index is -3.82. The molecule has 7 nitrogen and oxygen atoms in total. The molecule has 1 aromatic carbocycles. The highest BCUT2D eigenvalue weighted by Crippen LogP contribution is 2.23. The Morgan fingerprint density at radius 1 is 1.27 bits per heavy atom. The van der Waals surface area contributed by atoms with Crippen molar-refractivity contribution < 1.29 is 13.2 Å². The third-order valence-corrected chi connectivity index (χ3v) is 5.25. The van der Waals surface area contributed by atoms with E-state index >= 15 is 0 Å². The van der Waals surface area contributed by atoms with E-state index in [1.54, 1.807) is 32.0 Å². The first-order valence-electron chi connectivity index (χ1n) is 6.52. The molecule has 1 aromatic heterocycles. The van der Waals surface area contributed by atoms with Gasteiger partial charge in [-0.05, 0) is 24.6 Å². The van der Waals surface area contributed by atoms with E-state index in [-0.39, 0.29) is 21.3 Å². The lowest BCUT2D eigenvalue weighted by molar-refractivity contribution is -0.118. The monoisotopic (exact) mass is 340 g/mol. The van der Waals surface area contributed by atoms with E-state index in [4.69, 9.17) is 0 Å². The van der Waals surface area contributed by atoms with Crippen LogP contribution < -0.4 is 10.0 Å². The van der Waals surface area contributed by atoms with Crippen LogP contribution in [0.2, 0.25) is 0 Å². The SMILES string of the molecule is Cc1cccc(NS(=O)(=O)c2nnc(NC(=O)C(C)C)s2)c1. The van der Waals surface area contributed by atoms with E-state index in [2.05, 4.69) is 20.2 Å². The van der Waals surface area contributed by atoms with Crippen LogP contribution in [-0.2, 0) is 14.8 Å². The molecule has 0 aliphatic carbocycles. The maximum Gasteiger partial charge on any atom is 0.291 e. The van der Waals surface area contributed by atoms with Crippen molar-refractivity contribution in [1.82, 2.24) is 10.2 Å². The third-order valence-electron chi connectivity index (χ3n) is 2.66. The van der Waals surface area contributed by atoms with Crippen molar-refractivity contribution in [3.8, 4) is 0 Å². The molecule has 0 bridgehead atoms. The molecule has 118 valence electrons. The average molecular weight is 340 g/mol. The summed E-state index contributed by atoms with van der Waals surface area (Å²) in [5.74, 6) is -0.471. The Balaban J connectivity index is 2.17. The first-order valence-corrected chi connectivity index (χ1v) is 8.82. The van der Waals surface area contributed by atoms with Crippen LogP contribution in [0.1, 0.15) is 19.4 Å². The number of nitrogens with one attached hydrogen (secondary N) is 2. The van der Waals surface area contributed by atoms with Crippen LogP contribution in [0.25, 0.3) is 0 Å². The van der Waals surface area contributed by atoms with Crippen LogP contribution in [0.15, 0.2) is 28.6 Å². The van der Waals surface area contributed by atoms with Crippen LogP contribution in [0, 0.1) is 12.8 Å². The summed E-state index contributed by atoms with van der Waals surface area (Å²) in [6.07, 6.45) is 0. The summed E-state index contributed by atoms with van der Waals surface area (Å²) in [5, 5.41) is 9.98. The largest absolute Gasteiger partial charge is 0.300 e. The fraction of sp³-hybridized carbons (Fsp3) is 0.308. The predicted molar refractivity (Wildman–Crippen MR) is 85.4 cm³/mol. The molecule has 0 saturated heterocycles. The van der Waals surface area contributed by atoms with E-state index in [1.165, 1.54) is 0 Å². The summed E-state index contributed by atoms with van der Waals surface area (Å²) in [7, 11) is -3.82. The number of carbonyl (C=O) groups excluding carboxylic acids is 1. The number of hydrogen-bond acceptors (Lipinski definition) is 6. The Morgan fingerprint density at radius 2 is 2.00 bits per heavy atom. The van der Waals surface area contributed by atoms with Crippen molar-refractivity contribution in [3.05, 3.63) is 29.8 Å². The lowest BCUT2D eigenvalue weighted by Gasteiger charge is -2.05. The van der Waals surface area contributed by atoms with E-state index < -0.39 is 10.0 Å². The number of benzene rings is 1. The highest BCUT2D eigenvalue weighted by atomic mass is 32.2. The van der Waals surface area contributed by atoms with Gasteiger partial charge in [0, 0.05) is 11.6 Å². The molecule has 1 amide bonds. The molecular weight excluding hydrogens is 324 g/mol. The fourth-order valence-electron chi connectivity index (χ4n) is 1.53. The Kier molecular flexibility index (Phi) is 4.77. The third kappa shape index (κ3) is 4.01. The van der Waals surface area contributed by atoms with Gasteiger partial charge in [0.2, 0.25) is 11.0 Å². The average Bonchev–Trinajstić information content (AvgIpc) is 2.87. The van der Waals surface area contributed by atoms with Crippen molar-refractivity contribution in [1.29, 1.82) is 0 Å². The maximum atomic E-state index is 12.2. The van der Waals surface area contributed by atoms with E-state index in [0.29, 0.717) is 5.69 Å². The summed E-state index contributed by atoms with van der Waals surface area (Å²) in [4.78, 5) is 11.6. The number of rotatable bonds is 5. The molecule has 0 spiro atoms. The van der Waals surface area contributed by atoms with Crippen molar-refractivity contribution in [3.63, 3.8) is 0 Å². The summed E-state index contributed by atoms with van der Waals surface area (Å²) in [6.45, 7) is 5.32. The number of nitrogens with zero attached hydrogens (tertiary/aromatic N) is 2. The molecule has 1 heterocycles. The number of carbonyl (C=O) groups is 1. The number of aromatic nitrogens is 2. The van der Waals surface area contributed by atoms with Crippen LogP contribution >= 0.6 is 11.3 Å². The molecule has 0 atom stereocenters. The van der Waals surface area contributed by atoms with Crippen LogP contribution in [-0.4, -0.2) is 24.5 Å². The van der Waals surface area contributed by atoms with Gasteiger partial charge in [-0.25, -0.2) is 0 Å². The quantitative estimate of drug-likeness (QED) is 0.813. The Morgan fingerprint density at radius 3 is 2.64 bits per heavy atom. The van der Waals surface area contributed by atoms with Gasteiger partial charge in [-0.3, -0.25) is 9.52 Å². The molecule has 2 aromatic rings.